The van der Waals surface area contributed by atoms with Gasteiger partial charge in [0.05, 0.1) is 16.6 Å². The number of carbonyl (C=O) groups is 1. The van der Waals surface area contributed by atoms with E-state index in [1.165, 1.54) is 0 Å². The summed E-state index contributed by atoms with van der Waals surface area (Å²) in [6, 6.07) is 19.4. The Bertz CT molecular complexity index is 1450. The monoisotopic (exact) mass is 437 g/mol. The van der Waals surface area contributed by atoms with Crippen LogP contribution in [0.4, 0.5) is 5.69 Å². The number of rotatable bonds is 5. The van der Waals surface area contributed by atoms with Gasteiger partial charge in [-0.2, -0.15) is 0 Å². The Morgan fingerprint density at radius 2 is 1.45 bits per heavy atom. The second-order valence-electron chi connectivity index (χ2n) is 9.01. The number of aromatic amines is 1. The first-order valence-corrected chi connectivity index (χ1v) is 11.2. The van der Waals surface area contributed by atoms with Crippen molar-refractivity contribution < 1.29 is 4.79 Å². The maximum absolute atomic E-state index is 13.9. The third-order valence-electron chi connectivity index (χ3n) is 6.49. The lowest BCUT2D eigenvalue weighted by Gasteiger charge is -2.29. The van der Waals surface area contributed by atoms with E-state index in [0.29, 0.717) is 16.7 Å². The highest BCUT2D eigenvalue weighted by Gasteiger charge is 2.32. The molecule has 5 rings (SSSR count). The molecule has 0 fully saturated rings. The van der Waals surface area contributed by atoms with Crippen molar-refractivity contribution in [3.05, 3.63) is 87.7 Å². The van der Waals surface area contributed by atoms with Gasteiger partial charge in [-0.3, -0.25) is 9.59 Å². The molecule has 166 valence electrons. The lowest BCUT2D eigenvalue weighted by Crippen LogP contribution is -2.30. The van der Waals surface area contributed by atoms with Crippen LogP contribution in [0.15, 0.2) is 65.5 Å². The summed E-state index contributed by atoms with van der Waals surface area (Å²) in [6.07, 6.45) is 0. The standard InChI is InChI=1S/C28H27N3O2/c1-17-16-21(31(4)15-14-30(2)3)24-25-23(19-12-8-9-13-20(19)27(24)32)22(28(33)29-26(17)25)18-10-6-5-7-11-18/h5-13,16H,14-15H2,1-4H3,(H,29,33). The fourth-order valence-electron chi connectivity index (χ4n) is 4.81. The predicted molar refractivity (Wildman–Crippen MR) is 135 cm³/mol. The van der Waals surface area contributed by atoms with Crippen molar-refractivity contribution in [2.24, 2.45) is 0 Å². The molecule has 0 radical (unpaired) electrons. The number of aromatic nitrogens is 1. The molecule has 0 bridgehead atoms. The number of aryl methyl sites for hydroxylation is 1. The van der Waals surface area contributed by atoms with Crippen molar-refractivity contribution in [1.29, 1.82) is 0 Å². The second-order valence-corrected chi connectivity index (χ2v) is 9.01. The fourth-order valence-corrected chi connectivity index (χ4v) is 4.81. The lowest BCUT2D eigenvalue weighted by molar-refractivity contribution is 0.104. The molecule has 1 aromatic heterocycles. The molecule has 3 aromatic carbocycles. The van der Waals surface area contributed by atoms with Gasteiger partial charge in [-0.1, -0.05) is 54.6 Å². The molecule has 0 saturated heterocycles. The Morgan fingerprint density at radius 1 is 0.788 bits per heavy atom. The molecule has 0 saturated carbocycles. The molecule has 0 spiro atoms. The summed E-state index contributed by atoms with van der Waals surface area (Å²) in [5.41, 5.74) is 6.85. The minimum absolute atomic E-state index is 0.000800. The van der Waals surface area contributed by atoms with Crippen LogP contribution < -0.4 is 10.5 Å². The van der Waals surface area contributed by atoms with Gasteiger partial charge in [0, 0.05) is 42.3 Å². The van der Waals surface area contributed by atoms with E-state index in [2.05, 4.69) is 14.8 Å². The molecular weight excluding hydrogens is 410 g/mol. The number of benzene rings is 3. The highest BCUT2D eigenvalue weighted by Crippen LogP contribution is 2.46. The van der Waals surface area contributed by atoms with Crippen molar-refractivity contribution in [2.75, 3.05) is 39.1 Å². The summed E-state index contributed by atoms with van der Waals surface area (Å²) < 4.78 is 0. The number of nitrogens with zero attached hydrogens (tertiary/aromatic N) is 2. The third kappa shape index (κ3) is 3.36. The zero-order valence-electron chi connectivity index (χ0n) is 19.4. The van der Waals surface area contributed by atoms with Crippen molar-refractivity contribution in [3.8, 4) is 22.3 Å². The molecule has 0 amide bonds. The first-order chi connectivity index (χ1) is 15.9. The van der Waals surface area contributed by atoms with Crippen LogP contribution in [-0.4, -0.2) is 49.9 Å². The maximum Gasteiger partial charge on any atom is 0.256 e. The molecule has 0 aliphatic heterocycles. The Kier molecular flexibility index (Phi) is 5.14. The normalized spacial score (nSPS) is 12.3. The molecule has 0 unspecified atom stereocenters. The molecular formula is C28H27N3O2. The molecule has 1 heterocycles. The fraction of sp³-hybridized carbons (Fsp3) is 0.214. The van der Waals surface area contributed by atoms with Crippen molar-refractivity contribution in [2.45, 2.75) is 6.92 Å². The molecule has 0 atom stereocenters. The summed E-state index contributed by atoms with van der Waals surface area (Å²) in [6.45, 7) is 3.64. The van der Waals surface area contributed by atoms with Crippen LogP contribution in [0.3, 0.4) is 0 Å². The minimum Gasteiger partial charge on any atom is -0.373 e. The molecule has 1 aliphatic rings. The average Bonchev–Trinajstić information content (AvgIpc) is 2.81. The van der Waals surface area contributed by atoms with Crippen LogP contribution in [-0.2, 0) is 0 Å². The number of pyridine rings is 1. The van der Waals surface area contributed by atoms with Crippen LogP contribution in [0.1, 0.15) is 21.5 Å². The number of hydrogen-bond acceptors (Lipinski definition) is 4. The number of H-pyrrole nitrogens is 1. The van der Waals surface area contributed by atoms with E-state index in [1.54, 1.807) is 0 Å². The summed E-state index contributed by atoms with van der Waals surface area (Å²) in [5.74, 6) is 0.000800. The zero-order valence-corrected chi connectivity index (χ0v) is 19.4. The Hall–Kier alpha value is -3.70. The number of ketones is 1. The molecule has 5 heteroatoms. The first-order valence-electron chi connectivity index (χ1n) is 11.2. The van der Waals surface area contributed by atoms with Gasteiger partial charge >= 0.3 is 0 Å². The number of hydrogen-bond donors (Lipinski definition) is 1. The smallest absolute Gasteiger partial charge is 0.256 e. The summed E-state index contributed by atoms with van der Waals surface area (Å²) in [5, 5.41) is 0.837. The second kappa shape index (κ2) is 8.01. The Labute approximate surface area is 193 Å². The van der Waals surface area contributed by atoms with E-state index in [4.69, 9.17) is 0 Å². The van der Waals surface area contributed by atoms with E-state index in [1.807, 2.05) is 88.7 Å². The van der Waals surface area contributed by atoms with Gasteiger partial charge in [-0.05, 0) is 43.8 Å². The van der Waals surface area contributed by atoms with Crippen molar-refractivity contribution >= 4 is 22.4 Å². The van der Waals surface area contributed by atoms with Crippen LogP contribution >= 0.6 is 0 Å². The SMILES string of the molecule is Cc1cc(N(C)CCN(C)C)c2c3c(c(-c4ccccc4)c(=O)[nH]c13)-c1ccccc1C2=O. The van der Waals surface area contributed by atoms with Crippen LogP contribution in [0.5, 0.6) is 0 Å². The van der Waals surface area contributed by atoms with Gasteiger partial charge in [0.25, 0.3) is 5.56 Å². The molecule has 1 aliphatic carbocycles. The van der Waals surface area contributed by atoms with E-state index in [0.717, 1.165) is 51.9 Å². The van der Waals surface area contributed by atoms with Gasteiger partial charge < -0.3 is 14.8 Å². The van der Waals surface area contributed by atoms with Crippen LogP contribution in [0, 0.1) is 6.92 Å². The average molecular weight is 438 g/mol. The van der Waals surface area contributed by atoms with Gasteiger partial charge in [0.15, 0.2) is 5.78 Å². The first kappa shape index (κ1) is 21.2. The van der Waals surface area contributed by atoms with Gasteiger partial charge in [-0.25, -0.2) is 0 Å². The van der Waals surface area contributed by atoms with Crippen molar-refractivity contribution in [3.63, 3.8) is 0 Å². The zero-order chi connectivity index (χ0) is 23.3. The van der Waals surface area contributed by atoms with Gasteiger partial charge in [0.1, 0.15) is 0 Å². The van der Waals surface area contributed by atoms with Crippen molar-refractivity contribution in [1.82, 2.24) is 9.88 Å². The predicted octanol–water partition coefficient (Wildman–Crippen LogP) is 4.71. The summed E-state index contributed by atoms with van der Waals surface area (Å²) >= 11 is 0. The molecule has 4 aromatic rings. The number of anilines is 1. The quantitative estimate of drug-likeness (QED) is 0.433. The summed E-state index contributed by atoms with van der Waals surface area (Å²) in [7, 11) is 6.11. The number of fused-ring (bicyclic) bond motifs is 2. The van der Waals surface area contributed by atoms with E-state index < -0.39 is 0 Å². The van der Waals surface area contributed by atoms with Crippen LogP contribution in [0.25, 0.3) is 33.2 Å². The van der Waals surface area contributed by atoms with Gasteiger partial charge in [0.2, 0.25) is 0 Å². The van der Waals surface area contributed by atoms with E-state index in [9.17, 15) is 9.59 Å². The highest BCUT2D eigenvalue weighted by molar-refractivity contribution is 6.29. The molecule has 1 N–H and O–H groups in total. The topological polar surface area (TPSA) is 56.4 Å². The Morgan fingerprint density at radius 3 is 2.15 bits per heavy atom. The minimum atomic E-state index is -0.143. The number of nitrogens with one attached hydrogen (secondary N) is 1. The van der Waals surface area contributed by atoms with E-state index >= 15 is 0 Å². The number of carbonyl (C=O) groups excluding carboxylic acids is 1. The maximum atomic E-state index is 13.9. The lowest BCUT2D eigenvalue weighted by atomic mass is 9.79. The number of likely N-dealkylation sites (N-methyl/N-ethyl adjacent to an activating group) is 2. The third-order valence-corrected chi connectivity index (χ3v) is 6.49. The van der Waals surface area contributed by atoms with Gasteiger partial charge in [-0.15, -0.1) is 0 Å². The molecule has 5 nitrogen and oxygen atoms in total. The van der Waals surface area contributed by atoms with E-state index in [-0.39, 0.29) is 11.3 Å². The Balaban J connectivity index is 1.93. The van der Waals surface area contributed by atoms with Crippen LogP contribution in [0.2, 0.25) is 0 Å². The highest BCUT2D eigenvalue weighted by atomic mass is 16.1. The largest absolute Gasteiger partial charge is 0.373 e. The molecule has 33 heavy (non-hydrogen) atoms. The summed E-state index contributed by atoms with van der Waals surface area (Å²) in [4.78, 5) is 34.7.